The maximum absolute atomic E-state index is 12.6. The van der Waals surface area contributed by atoms with Crippen LogP contribution >= 0.6 is 0 Å². The summed E-state index contributed by atoms with van der Waals surface area (Å²) < 4.78 is 11.8. The number of fused-ring (bicyclic) bond motifs is 5. The fourth-order valence-electron chi connectivity index (χ4n) is 10.1. The molecular formula is C34H56O8. The van der Waals surface area contributed by atoms with Crippen molar-refractivity contribution in [2.24, 2.45) is 40.4 Å². The first-order valence-corrected chi connectivity index (χ1v) is 16.4. The van der Waals surface area contributed by atoms with Gasteiger partial charge in [0, 0.05) is 5.41 Å². The summed E-state index contributed by atoms with van der Waals surface area (Å²) in [5.74, 6) is 0.721. The molecule has 4 aliphatic carbocycles. The zero-order chi connectivity index (χ0) is 30.9. The van der Waals surface area contributed by atoms with Gasteiger partial charge in [0.15, 0.2) is 6.29 Å². The lowest BCUT2D eigenvalue weighted by Crippen LogP contribution is -2.69. The van der Waals surface area contributed by atoms with Crippen LogP contribution < -0.4 is 0 Å². The van der Waals surface area contributed by atoms with Gasteiger partial charge in [0.05, 0.1) is 24.4 Å². The molecule has 8 heteroatoms. The summed E-state index contributed by atoms with van der Waals surface area (Å²) in [6.45, 7) is 16.8. The molecule has 5 rings (SSSR count). The molecule has 0 aromatic heterocycles. The van der Waals surface area contributed by atoms with Crippen molar-refractivity contribution in [3.05, 3.63) is 23.8 Å². The summed E-state index contributed by atoms with van der Waals surface area (Å²) in [5.41, 5.74) is 0.0578. The van der Waals surface area contributed by atoms with Gasteiger partial charge in [-0.15, -0.1) is 0 Å². The summed E-state index contributed by atoms with van der Waals surface area (Å²) >= 11 is 0. The molecule has 240 valence electrons. The Hall–Kier alpha value is -0.840. The molecular weight excluding hydrogens is 536 g/mol. The van der Waals surface area contributed by atoms with Crippen LogP contribution in [0.15, 0.2) is 23.8 Å². The van der Waals surface area contributed by atoms with Crippen molar-refractivity contribution >= 4 is 0 Å². The van der Waals surface area contributed by atoms with E-state index in [4.69, 9.17) is 9.47 Å². The standard InChI is InChI=1S/C34H56O8/c1-17(2)18(3)8-9-19(4)27-25(35)15-24-23-11-10-21-14-22(42-31-30(39)29(38)28(37)20(5)41-31)12-13-33(21,7)34(23,40)26(36)16-32(24,27)6/h10,17,19-20,22-31,35-40H,3,8-9,11-16H2,1-2,4-7H3. The summed E-state index contributed by atoms with van der Waals surface area (Å²) in [6.07, 6.45) is 0.307. The van der Waals surface area contributed by atoms with Crippen molar-refractivity contribution in [2.75, 3.05) is 0 Å². The third-order valence-electron chi connectivity index (χ3n) is 12.8. The van der Waals surface area contributed by atoms with Crippen LogP contribution in [0.25, 0.3) is 0 Å². The van der Waals surface area contributed by atoms with Gasteiger partial charge in [-0.05, 0) is 93.3 Å². The van der Waals surface area contributed by atoms with Crippen LogP contribution in [0.4, 0.5) is 0 Å². The highest BCUT2D eigenvalue weighted by atomic mass is 16.7. The van der Waals surface area contributed by atoms with Gasteiger partial charge < -0.3 is 40.1 Å². The third-order valence-corrected chi connectivity index (χ3v) is 12.8. The topological polar surface area (TPSA) is 140 Å². The van der Waals surface area contributed by atoms with Crippen molar-refractivity contribution in [3.63, 3.8) is 0 Å². The van der Waals surface area contributed by atoms with E-state index in [-0.39, 0.29) is 35.2 Å². The van der Waals surface area contributed by atoms with E-state index in [1.54, 1.807) is 6.92 Å². The van der Waals surface area contributed by atoms with Gasteiger partial charge in [-0.25, -0.2) is 0 Å². The molecule has 0 amide bonds. The molecule has 0 aromatic rings. The summed E-state index contributed by atoms with van der Waals surface area (Å²) in [6, 6.07) is 0. The second-order valence-electron chi connectivity index (χ2n) is 15.4. The minimum Gasteiger partial charge on any atom is -0.393 e. The lowest BCUT2D eigenvalue weighted by molar-refractivity contribution is -0.308. The normalized spacial score (nSPS) is 51.4. The Morgan fingerprint density at radius 1 is 1.07 bits per heavy atom. The first kappa shape index (κ1) is 32.6. The SMILES string of the molecule is C=C(CCC(C)C1C(O)CC2C3CC=C4CC(OC5OC(C)C(O)C(O)C5O)CCC4(C)C3(O)C(O)CC21C)C(C)C. The molecule has 6 N–H and O–H groups in total. The lowest BCUT2D eigenvalue weighted by atomic mass is 9.43. The van der Waals surface area contributed by atoms with E-state index in [2.05, 4.69) is 47.3 Å². The predicted octanol–water partition coefficient (Wildman–Crippen LogP) is 3.46. The monoisotopic (exact) mass is 592 g/mol. The fourth-order valence-corrected chi connectivity index (χ4v) is 10.1. The van der Waals surface area contributed by atoms with Gasteiger partial charge in [0.2, 0.25) is 0 Å². The Kier molecular flexibility index (Phi) is 8.92. The smallest absolute Gasteiger partial charge is 0.186 e. The van der Waals surface area contributed by atoms with Crippen LogP contribution in [0.1, 0.15) is 92.9 Å². The Morgan fingerprint density at radius 2 is 1.76 bits per heavy atom. The van der Waals surface area contributed by atoms with Crippen LogP contribution in [-0.2, 0) is 9.47 Å². The number of aliphatic hydroxyl groups is 6. The van der Waals surface area contributed by atoms with Gasteiger partial charge in [-0.2, -0.15) is 0 Å². The Labute approximate surface area is 251 Å². The van der Waals surface area contributed by atoms with Gasteiger partial charge in [-0.1, -0.05) is 58.4 Å². The number of allylic oxidation sites excluding steroid dienone is 2. The summed E-state index contributed by atoms with van der Waals surface area (Å²) in [4.78, 5) is 0. The molecule has 8 nitrogen and oxygen atoms in total. The minimum absolute atomic E-state index is 0.0576. The maximum atomic E-state index is 12.6. The molecule has 1 saturated heterocycles. The first-order valence-electron chi connectivity index (χ1n) is 16.4. The first-order chi connectivity index (χ1) is 19.6. The highest BCUT2D eigenvalue weighted by Gasteiger charge is 2.70. The molecule has 0 aromatic carbocycles. The van der Waals surface area contributed by atoms with E-state index in [0.717, 1.165) is 18.4 Å². The van der Waals surface area contributed by atoms with Crippen molar-refractivity contribution in [1.82, 2.24) is 0 Å². The van der Waals surface area contributed by atoms with Crippen LogP contribution in [0.5, 0.6) is 0 Å². The summed E-state index contributed by atoms with van der Waals surface area (Å²) in [7, 11) is 0. The summed E-state index contributed by atoms with van der Waals surface area (Å²) in [5, 5.41) is 66.7. The average molecular weight is 593 g/mol. The van der Waals surface area contributed by atoms with E-state index in [0.29, 0.717) is 44.4 Å². The maximum Gasteiger partial charge on any atom is 0.186 e. The molecule has 0 spiro atoms. The highest BCUT2D eigenvalue weighted by molar-refractivity contribution is 5.33. The van der Waals surface area contributed by atoms with Gasteiger partial charge >= 0.3 is 0 Å². The van der Waals surface area contributed by atoms with Gasteiger partial charge in [0.25, 0.3) is 0 Å². The predicted molar refractivity (Wildman–Crippen MR) is 159 cm³/mol. The Balaban J connectivity index is 1.34. The van der Waals surface area contributed by atoms with Crippen LogP contribution in [-0.4, -0.2) is 85.3 Å². The highest BCUT2D eigenvalue weighted by Crippen LogP contribution is 2.69. The molecule has 42 heavy (non-hydrogen) atoms. The van der Waals surface area contributed by atoms with Crippen LogP contribution in [0.3, 0.4) is 0 Å². The molecule has 15 unspecified atom stereocenters. The van der Waals surface area contributed by atoms with Gasteiger partial charge in [0.1, 0.15) is 23.9 Å². The molecule has 4 fully saturated rings. The average Bonchev–Trinajstić information content (AvgIpc) is 3.19. The molecule has 0 bridgehead atoms. The third kappa shape index (κ3) is 4.97. The van der Waals surface area contributed by atoms with Crippen LogP contribution in [0, 0.1) is 40.4 Å². The van der Waals surface area contributed by atoms with E-state index < -0.39 is 53.9 Å². The van der Waals surface area contributed by atoms with Crippen LogP contribution in [0.2, 0.25) is 0 Å². The zero-order valence-electron chi connectivity index (χ0n) is 26.4. The Morgan fingerprint density at radius 3 is 2.43 bits per heavy atom. The number of ether oxygens (including phenoxy) is 2. The van der Waals surface area contributed by atoms with E-state index in [9.17, 15) is 30.6 Å². The van der Waals surface area contributed by atoms with E-state index >= 15 is 0 Å². The zero-order valence-corrected chi connectivity index (χ0v) is 26.4. The second kappa shape index (κ2) is 11.5. The quantitative estimate of drug-likeness (QED) is 0.247. The van der Waals surface area contributed by atoms with Crippen molar-refractivity contribution < 1.29 is 40.1 Å². The molecule has 15 atom stereocenters. The second-order valence-corrected chi connectivity index (χ2v) is 15.4. The fraction of sp³-hybridized carbons (Fsp3) is 0.882. The largest absolute Gasteiger partial charge is 0.393 e. The van der Waals surface area contributed by atoms with Gasteiger partial charge in [-0.3, -0.25) is 0 Å². The number of hydrogen-bond donors (Lipinski definition) is 6. The molecule has 3 saturated carbocycles. The molecule has 1 heterocycles. The van der Waals surface area contributed by atoms with Crippen molar-refractivity contribution in [1.29, 1.82) is 0 Å². The van der Waals surface area contributed by atoms with E-state index in [1.165, 1.54) is 5.57 Å². The number of aliphatic hydroxyl groups excluding tert-OH is 5. The number of hydrogen-bond acceptors (Lipinski definition) is 8. The molecule has 1 aliphatic heterocycles. The number of rotatable bonds is 7. The Bertz CT molecular complexity index is 1040. The van der Waals surface area contributed by atoms with Crippen molar-refractivity contribution in [3.8, 4) is 0 Å². The molecule has 0 radical (unpaired) electrons. The van der Waals surface area contributed by atoms with E-state index in [1.807, 2.05) is 0 Å². The minimum atomic E-state index is -1.36. The van der Waals surface area contributed by atoms with Crippen molar-refractivity contribution in [2.45, 2.75) is 148 Å². The molecule has 5 aliphatic rings. The lowest BCUT2D eigenvalue weighted by Gasteiger charge is -2.64.